The van der Waals surface area contributed by atoms with E-state index in [1.807, 2.05) is 0 Å². The molecule has 3 heteroatoms. The van der Waals surface area contributed by atoms with E-state index in [0.717, 1.165) is 0 Å². The minimum atomic E-state index is -3.65. The molecule has 0 spiro atoms. The molecule has 0 aliphatic carbocycles. The highest BCUT2D eigenvalue weighted by Gasteiger charge is 2.28. The molecule has 0 unspecified atom stereocenters. The first-order valence-electron chi connectivity index (χ1n) is 2.50. The quantitative estimate of drug-likeness (QED) is 0.391. The molecule has 0 aromatic rings. The summed E-state index contributed by atoms with van der Waals surface area (Å²) in [7, 11) is -3.65. The summed E-state index contributed by atoms with van der Waals surface area (Å²) in [6.45, 7) is 3.10. The molecule has 0 nitrogen and oxygen atoms in total. The van der Waals surface area contributed by atoms with Gasteiger partial charge in [0, 0.05) is 0 Å². The van der Waals surface area contributed by atoms with Crippen LogP contribution in [-0.2, 0) is 0 Å². The molecule has 7 heavy (non-hydrogen) atoms. The fraction of sp³-hybridized carbons (Fsp3) is 1.00. The Morgan fingerprint density at radius 1 is 1.14 bits per heavy atom. The summed E-state index contributed by atoms with van der Waals surface area (Å²) in [5.41, 5.74) is 0. The zero-order valence-electron chi connectivity index (χ0n) is 4.67. The Balaban J connectivity index is 3.36. The van der Waals surface area contributed by atoms with Crippen LogP contribution in [0, 0.1) is 0 Å². The minimum absolute atomic E-state index is 0.101. The third-order valence-corrected chi connectivity index (χ3v) is 3.10. The van der Waals surface area contributed by atoms with E-state index in [4.69, 9.17) is 0 Å². The molecule has 0 saturated carbocycles. The molecule has 44 valence electrons. The highest BCUT2D eigenvalue weighted by atomic mass is 28.4. The zero-order chi connectivity index (χ0) is 5.91. The Kier molecular flexibility index (Phi) is 2.43. The number of rotatable bonds is 2. The average molecular weight is 124 g/mol. The second-order valence-corrected chi connectivity index (χ2v) is 4.69. The van der Waals surface area contributed by atoms with Crippen LogP contribution in [-0.4, -0.2) is 8.74 Å². The lowest BCUT2D eigenvalue weighted by Crippen LogP contribution is -2.17. The normalized spacial score (nSPS) is 12.0. The topological polar surface area (TPSA) is 0 Å². The van der Waals surface area contributed by atoms with Crippen LogP contribution in [0.3, 0.4) is 0 Å². The second-order valence-electron chi connectivity index (χ2n) is 1.56. The van der Waals surface area contributed by atoms with Crippen molar-refractivity contribution in [3.8, 4) is 0 Å². The van der Waals surface area contributed by atoms with Gasteiger partial charge in [-0.15, -0.1) is 0 Å². The van der Waals surface area contributed by atoms with Crippen molar-refractivity contribution < 1.29 is 8.22 Å². The molecule has 0 saturated heterocycles. The van der Waals surface area contributed by atoms with Crippen LogP contribution in [0.2, 0.25) is 12.1 Å². The summed E-state index contributed by atoms with van der Waals surface area (Å²) >= 11 is 0. The van der Waals surface area contributed by atoms with Gasteiger partial charge in [0.05, 0.1) is 0 Å². The monoisotopic (exact) mass is 124 g/mol. The van der Waals surface area contributed by atoms with E-state index in [2.05, 4.69) is 0 Å². The Labute approximate surface area is 43.9 Å². The number of hydrogen-bond acceptors (Lipinski definition) is 0. The maximum atomic E-state index is 12.0. The van der Waals surface area contributed by atoms with Gasteiger partial charge in [0.15, 0.2) is 0 Å². The SMILES string of the molecule is CC[Si](F)(F)CC. The first kappa shape index (κ1) is 7.08. The summed E-state index contributed by atoms with van der Waals surface area (Å²) < 4.78 is 24.0. The molecule has 0 aliphatic heterocycles. The van der Waals surface area contributed by atoms with Crippen molar-refractivity contribution in [2.75, 3.05) is 0 Å². The van der Waals surface area contributed by atoms with Gasteiger partial charge < -0.3 is 0 Å². The Bertz CT molecular complexity index is 47.7. The van der Waals surface area contributed by atoms with Crippen molar-refractivity contribution in [1.82, 2.24) is 0 Å². The number of hydrogen-bond donors (Lipinski definition) is 0. The predicted molar refractivity (Wildman–Crippen MR) is 28.9 cm³/mol. The van der Waals surface area contributed by atoms with Gasteiger partial charge in [-0.3, -0.25) is 8.22 Å². The molecule has 0 radical (unpaired) electrons. The van der Waals surface area contributed by atoms with Crippen LogP contribution in [0.15, 0.2) is 0 Å². The lowest BCUT2D eigenvalue weighted by atomic mass is 11.0. The minimum Gasteiger partial charge on any atom is -0.270 e. The molecule has 0 amide bonds. The van der Waals surface area contributed by atoms with Gasteiger partial charge in [-0.1, -0.05) is 13.8 Å². The third-order valence-electron chi connectivity index (χ3n) is 1.03. The zero-order valence-corrected chi connectivity index (χ0v) is 5.67. The van der Waals surface area contributed by atoms with Crippen molar-refractivity contribution in [2.24, 2.45) is 0 Å². The van der Waals surface area contributed by atoms with E-state index in [-0.39, 0.29) is 12.1 Å². The van der Waals surface area contributed by atoms with Crippen molar-refractivity contribution in [2.45, 2.75) is 25.9 Å². The van der Waals surface area contributed by atoms with E-state index in [9.17, 15) is 8.22 Å². The second kappa shape index (κ2) is 2.40. The summed E-state index contributed by atoms with van der Waals surface area (Å²) in [6.07, 6.45) is 0. The van der Waals surface area contributed by atoms with Gasteiger partial charge in [-0.05, 0) is 12.1 Å². The maximum Gasteiger partial charge on any atom is 0.424 e. The summed E-state index contributed by atoms with van der Waals surface area (Å²) in [5.74, 6) is 0. The van der Waals surface area contributed by atoms with Crippen LogP contribution in [0.25, 0.3) is 0 Å². The molecule has 0 atom stereocenters. The summed E-state index contributed by atoms with van der Waals surface area (Å²) in [5, 5.41) is 0. The van der Waals surface area contributed by atoms with Crippen LogP contribution in [0.4, 0.5) is 8.22 Å². The molecule has 0 aliphatic rings. The largest absolute Gasteiger partial charge is 0.424 e. The predicted octanol–water partition coefficient (Wildman–Crippen LogP) is 2.41. The van der Waals surface area contributed by atoms with Crippen LogP contribution in [0.1, 0.15) is 13.8 Å². The van der Waals surface area contributed by atoms with Crippen LogP contribution >= 0.6 is 0 Å². The van der Waals surface area contributed by atoms with Gasteiger partial charge in [0.1, 0.15) is 0 Å². The maximum absolute atomic E-state index is 12.0. The highest BCUT2D eigenvalue weighted by molar-refractivity contribution is 6.65. The Hall–Kier alpha value is 0.0769. The van der Waals surface area contributed by atoms with Gasteiger partial charge in [-0.25, -0.2) is 0 Å². The fourth-order valence-corrected chi connectivity index (χ4v) is 0.750. The summed E-state index contributed by atoms with van der Waals surface area (Å²) in [4.78, 5) is 0. The average Bonchev–Trinajstić information content (AvgIpc) is 1.68. The standard InChI is InChI=1S/C4H10F2Si/c1-3-7(5,6)4-2/h3-4H2,1-2H3. The third kappa shape index (κ3) is 2.74. The van der Waals surface area contributed by atoms with E-state index >= 15 is 0 Å². The van der Waals surface area contributed by atoms with Gasteiger partial charge in [0.25, 0.3) is 0 Å². The van der Waals surface area contributed by atoms with Gasteiger partial charge >= 0.3 is 8.74 Å². The van der Waals surface area contributed by atoms with E-state index in [0.29, 0.717) is 0 Å². The molecule has 0 rings (SSSR count). The number of halogens is 2. The van der Waals surface area contributed by atoms with Crippen molar-refractivity contribution in [3.05, 3.63) is 0 Å². The smallest absolute Gasteiger partial charge is 0.270 e. The molecule has 0 fully saturated rings. The Morgan fingerprint density at radius 3 is 1.43 bits per heavy atom. The molecule has 0 aromatic heterocycles. The molecule has 0 aromatic carbocycles. The first-order chi connectivity index (χ1) is 3.12. The lowest BCUT2D eigenvalue weighted by Gasteiger charge is -2.03. The summed E-state index contributed by atoms with van der Waals surface area (Å²) in [6, 6.07) is 0.201. The van der Waals surface area contributed by atoms with Gasteiger partial charge in [0.2, 0.25) is 0 Å². The highest BCUT2D eigenvalue weighted by Crippen LogP contribution is 2.16. The fourth-order valence-electron chi connectivity index (χ4n) is 0.250. The molecular formula is C4H10F2Si. The lowest BCUT2D eigenvalue weighted by molar-refractivity contribution is 0.595. The van der Waals surface area contributed by atoms with Crippen molar-refractivity contribution in [3.63, 3.8) is 0 Å². The van der Waals surface area contributed by atoms with E-state index < -0.39 is 8.74 Å². The molecule has 0 bridgehead atoms. The van der Waals surface area contributed by atoms with Crippen LogP contribution < -0.4 is 0 Å². The molecule has 0 heterocycles. The van der Waals surface area contributed by atoms with Crippen molar-refractivity contribution >= 4 is 8.74 Å². The van der Waals surface area contributed by atoms with E-state index in [1.54, 1.807) is 13.8 Å². The Morgan fingerprint density at radius 2 is 1.43 bits per heavy atom. The molecule has 0 N–H and O–H groups in total. The van der Waals surface area contributed by atoms with Crippen LogP contribution in [0.5, 0.6) is 0 Å². The van der Waals surface area contributed by atoms with Gasteiger partial charge in [-0.2, -0.15) is 0 Å². The van der Waals surface area contributed by atoms with E-state index in [1.165, 1.54) is 0 Å². The van der Waals surface area contributed by atoms with Crippen molar-refractivity contribution in [1.29, 1.82) is 0 Å². The molecular weight excluding hydrogens is 114 g/mol. The first-order valence-corrected chi connectivity index (χ1v) is 4.67.